The van der Waals surface area contributed by atoms with Crippen LogP contribution in [0.3, 0.4) is 0 Å². The molecule has 3 heterocycles. The molecule has 3 N–H and O–H groups in total. The highest BCUT2D eigenvalue weighted by atomic mass is 16.5. The quantitative estimate of drug-likeness (QED) is 0.567. The van der Waals surface area contributed by atoms with E-state index in [1.807, 2.05) is 43.3 Å². The third-order valence-electron chi connectivity index (χ3n) is 7.30. The first-order chi connectivity index (χ1) is 17.4. The van der Waals surface area contributed by atoms with Crippen LogP contribution in [0.15, 0.2) is 42.5 Å². The summed E-state index contributed by atoms with van der Waals surface area (Å²) in [4.78, 5) is 43.0. The van der Waals surface area contributed by atoms with Gasteiger partial charge in [0.25, 0.3) is 5.91 Å². The van der Waals surface area contributed by atoms with Crippen molar-refractivity contribution < 1.29 is 19.1 Å². The zero-order valence-electron chi connectivity index (χ0n) is 20.6. The Morgan fingerprint density at radius 3 is 2.64 bits per heavy atom. The number of anilines is 1. The number of nitrogens with one attached hydrogen (secondary N) is 1. The van der Waals surface area contributed by atoms with Crippen molar-refractivity contribution in [2.75, 3.05) is 44.2 Å². The van der Waals surface area contributed by atoms with E-state index in [4.69, 9.17) is 10.5 Å². The van der Waals surface area contributed by atoms with Crippen molar-refractivity contribution in [3.8, 4) is 5.75 Å². The van der Waals surface area contributed by atoms with Gasteiger partial charge in [0, 0.05) is 63.0 Å². The van der Waals surface area contributed by atoms with Gasteiger partial charge in [-0.25, -0.2) is 0 Å². The predicted molar refractivity (Wildman–Crippen MR) is 136 cm³/mol. The summed E-state index contributed by atoms with van der Waals surface area (Å²) in [5.74, 6) is 0.0583. The number of imide groups is 1. The van der Waals surface area contributed by atoms with Crippen LogP contribution in [0.5, 0.6) is 5.75 Å². The Balaban J connectivity index is 1.13. The smallest absolute Gasteiger partial charge is 0.255 e. The number of piperidine rings is 1. The predicted octanol–water partition coefficient (Wildman–Crippen LogP) is 1.67. The third-order valence-corrected chi connectivity index (χ3v) is 7.30. The fraction of sp³-hybridized carbons (Fsp3) is 0.444. The van der Waals surface area contributed by atoms with E-state index in [9.17, 15) is 14.4 Å². The molecule has 190 valence electrons. The Morgan fingerprint density at radius 2 is 1.89 bits per heavy atom. The normalized spacial score (nSPS) is 21.4. The maximum atomic E-state index is 12.9. The van der Waals surface area contributed by atoms with Gasteiger partial charge in [-0.3, -0.25) is 24.6 Å². The van der Waals surface area contributed by atoms with Crippen LogP contribution in [0.2, 0.25) is 0 Å². The van der Waals surface area contributed by atoms with E-state index in [2.05, 4.69) is 21.2 Å². The van der Waals surface area contributed by atoms with Gasteiger partial charge >= 0.3 is 0 Å². The van der Waals surface area contributed by atoms with Crippen molar-refractivity contribution in [3.63, 3.8) is 0 Å². The number of fused-ring (bicyclic) bond motifs is 1. The average molecular weight is 492 g/mol. The summed E-state index contributed by atoms with van der Waals surface area (Å²) in [5.41, 5.74) is 9.70. The maximum Gasteiger partial charge on any atom is 0.255 e. The molecule has 0 aliphatic carbocycles. The Labute approximate surface area is 211 Å². The van der Waals surface area contributed by atoms with Gasteiger partial charge in [0.1, 0.15) is 18.4 Å². The molecule has 3 aliphatic rings. The summed E-state index contributed by atoms with van der Waals surface area (Å²) in [6, 6.07) is 13.3. The minimum absolute atomic E-state index is 0.0144. The first kappa shape index (κ1) is 24.3. The van der Waals surface area contributed by atoms with E-state index in [-0.39, 0.29) is 30.2 Å². The molecule has 0 saturated carbocycles. The first-order valence-electron chi connectivity index (χ1n) is 12.6. The zero-order chi connectivity index (χ0) is 25.2. The molecule has 2 saturated heterocycles. The summed E-state index contributed by atoms with van der Waals surface area (Å²) >= 11 is 0. The van der Waals surface area contributed by atoms with E-state index >= 15 is 0 Å². The van der Waals surface area contributed by atoms with E-state index in [0.717, 1.165) is 55.3 Å². The molecule has 5 rings (SSSR count). The lowest BCUT2D eigenvalue weighted by Gasteiger charge is -2.36. The molecule has 2 fully saturated rings. The van der Waals surface area contributed by atoms with Crippen LogP contribution in [-0.4, -0.2) is 72.9 Å². The molecule has 0 spiro atoms. The molecule has 2 unspecified atom stereocenters. The van der Waals surface area contributed by atoms with Crippen molar-refractivity contribution >= 4 is 23.4 Å². The number of nitrogens with two attached hydrogens (primary N) is 1. The highest BCUT2D eigenvalue weighted by Gasteiger charge is 2.39. The van der Waals surface area contributed by atoms with Crippen LogP contribution < -0.4 is 20.7 Å². The molecular weight excluding hydrogens is 458 g/mol. The highest BCUT2D eigenvalue weighted by Crippen LogP contribution is 2.31. The lowest BCUT2D eigenvalue weighted by Crippen LogP contribution is -2.52. The lowest BCUT2D eigenvalue weighted by molar-refractivity contribution is -0.136. The number of rotatable bonds is 7. The fourth-order valence-corrected chi connectivity index (χ4v) is 5.17. The number of carbonyl (C=O) groups excluding carboxylic acids is 3. The van der Waals surface area contributed by atoms with E-state index in [0.29, 0.717) is 25.1 Å². The maximum absolute atomic E-state index is 12.9. The van der Waals surface area contributed by atoms with Crippen molar-refractivity contribution in [1.82, 2.24) is 15.1 Å². The summed E-state index contributed by atoms with van der Waals surface area (Å²) in [7, 11) is 0. The largest absolute Gasteiger partial charge is 0.492 e. The van der Waals surface area contributed by atoms with Crippen LogP contribution >= 0.6 is 0 Å². The molecule has 2 aromatic rings. The number of piperazine rings is 1. The Bertz CT molecular complexity index is 1160. The van der Waals surface area contributed by atoms with Gasteiger partial charge in [-0.15, -0.1) is 0 Å². The number of benzene rings is 2. The van der Waals surface area contributed by atoms with Gasteiger partial charge in [0.2, 0.25) is 11.8 Å². The monoisotopic (exact) mass is 491 g/mol. The van der Waals surface area contributed by atoms with Gasteiger partial charge in [-0.2, -0.15) is 0 Å². The highest BCUT2D eigenvalue weighted by molar-refractivity contribution is 6.05. The van der Waals surface area contributed by atoms with E-state index < -0.39 is 6.04 Å². The van der Waals surface area contributed by atoms with Crippen molar-refractivity contribution in [1.29, 1.82) is 0 Å². The first-order valence-corrected chi connectivity index (χ1v) is 12.6. The second-order valence-corrected chi connectivity index (χ2v) is 9.78. The van der Waals surface area contributed by atoms with Gasteiger partial charge in [0.05, 0.1) is 0 Å². The van der Waals surface area contributed by atoms with Crippen LogP contribution in [0.1, 0.15) is 47.3 Å². The zero-order valence-corrected chi connectivity index (χ0v) is 20.6. The average Bonchev–Trinajstić information content (AvgIpc) is 3.20. The second kappa shape index (κ2) is 10.3. The van der Waals surface area contributed by atoms with Gasteiger partial charge in [-0.05, 0) is 54.8 Å². The molecule has 9 heteroatoms. The standard InChI is InChI=1S/C27H33N5O4/c1-18(28)19-3-2-4-22(16-19)36-14-13-30-9-11-31(12-10-30)21-5-6-23-20(15-21)17-32(27(23)35)24-7-8-25(33)29-26(24)34/h2-6,15-16,18,24H,7-14,17,28H2,1H3,(H,29,33,34). The molecule has 2 aromatic carbocycles. The molecular formula is C27H33N5O4. The van der Waals surface area contributed by atoms with Crippen LogP contribution in [0, 0.1) is 0 Å². The van der Waals surface area contributed by atoms with Gasteiger partial charge < -0.3 is 20.3 Å². The summed E-state index contributed by atoms with van der Waals surface area (Å²) in [5, 5.41) is 2.35. The third kappa shape index (κ3) is 5.08. The van der Waals surface area contributed by atoms with Crippen molar-refractivity contribution in [2.45, 2.75) is 38.4 Å². The summed E-state index contributed by atoms with van der Waals surface area (Å²) in [6.07, 6.45) is 0.636. The topological polar surface area (TPSA) is 108 Å². The molecule has 36 heavy (non-hydrogen) atoms. The Morgan fingerprint density at radius 1 is 1.08 bits per heavy atom. The van der Waals surface area contributed by atoms with Crippen molar-refractivity contribution in [2.24, 2.45) is 5.73 Å². The number of ether oxygens (including phenoxy) is 1. The molecule has 9 nitrogen and oxygen atoms in total. The Hall–Kier alpha value is -3.43. The number of nitrogens with zero attached hydrogens (tertiary/aromatic N) is 3. The SMILES string of the molecule is CC(N)c1cccc(OCCN2CCN(c3ccc4c(c3)CN(C3CCC(=O)NC3=O)C4=O)CC2)c1. The second-order valence-electron chi connectivity index (χ2n) is 9.78. The van der Waals surface area contributed by atoms with Crippen LogP contribution in [0.4, 0.5) is 5.69 Å². The number of hydrogen-bond acceptors (Lipinski definition) is 7. The molecule has 3 amide bonds. The molecule has 0 aromatic heterocycles. The molecule has 0 radical (unpaired) electrons. The number of carbonyl (C=O) groups is 3. The molecule has 3 aliphatic heterocycles. The molecule has 2 atom stereocenters. The van der Waals surface area contributed by atoms with E-state index in [1.165, 1.54) is 0 Å². The summed E-state index contributed by atoms with van der Waals surface area (Å²) < 4.78 is 5.95. The fourth-order valence-electron chi connectivity index (χ4n) is 5.17. The van der Waals surface area contributed by atoms with Crippen molar-refractivity contribution in [3.05, 3.63) is 59.2 Å². The van der Waals surface area contributed by atoms with Gasteiger partial charge in [-0.1, -0.05) is 12.1 Å². The minimum atomic E-state index is -0.585. The van der Waals surface area contributed by atoms with Crippen LogP contribution in [0.25, 0.3) is 0 Å². The Kier molecular flexibility index (Phi) is 6.93. The lowest BCUT2D eigenvalue weighted by atomic mass is 10.0. The van der Waals surface area contributed by atoms with Gasteiger partial charge in [0.15, 0.2) is 0 Å². The summed E-state index contributed by atoms with van der Waals surface area (Å²) in [6.45, 7) is 7.49. The number of hydrogen-bond donors (Lipinski definition) is 2. The van der Waals surface area contributed by atoms with E-state index in [1.54, 1.807) is 4.90 Å². The minimum Gasteiger partial charge on any atom is -0.492 e. The molecule has 0 bridgehead atoms. The number of amides is 3. The van der Waals surface area contributed by atoms with Crippen LogP contribution in [-0.2, 0) is 16.1 Å².